The number of nitrogens with zero attached hydrogens (tertiary/aromatic N) is 1. The van der Waals surface area contributed by atoms with Crippen LogP contribution >= 0.6 is 0 Å². The molecule has 124 valence electrons. The van der Waals surface area contributed by atoms with E-state index in [-0.39, 0.29) is 12.5 Å². The molecule has 1 aliphatic carbocycles. The Balaban J connectivity index is 1.74. The molecule has 1 saturated heterocycles. The van der Waals surface area contributed by atoms with Crippen LogP contribution in [0.2, 0.25) is 0 Å². The standard InChI is InChI=1S/C15H30N2O3S/c1-2-13-3-5-14(6-4-13)11-16-21(19,20)17-9-7-15(12-18)8-10-17/h13-16,18H,2-12H2,1H3. The van der Waals surface area contributed by atoms with Crippen molar-refractivity contribution in [1.29, 1.82) is 0 Å². The molecule has 0 unspecified atom stereocenters. The maximum atomic E-state index is 12.3. The molecule has 1 heterocycles. The first-order valence-electron chi connectivity index (χ1n) is 8.40. The average molecular weight is 318 g/mol. The van der Waals surface area contributed by atoms with Crippen LogP contribution in [0, 0.1) is 17.8 Å². The molecule has 0 bridgehead atoms. The van der Waals surface area contributed by atoms with Crippen LogP contribution in [0.4, 0.5) is 0 Å². The topological polar surface area (TPSA) is 69.6 Å². The van der Waals surface area contributed by atoms with Crippen LogP contribution in [-0.2, 0) is 10.2 Å². The first-order valence-corrected chi connectivity index (χ1v) is 9.84. The first-order chi connectivity index (χ1) is 10.0. The van der Waals surface area contributed by atoms with E-state index >= 15 is 0 Å². The van der Waals surface area contributed by atoms with Crippen molar-refractivity contribution in [3.05, 3.63) is 0 Å². The molecular weight excluding hydrogens is 288 g/mol. The van der Waals surface area contributed by atoms with E-state index in [0.29, 0.717) is 25.6 Å². The highest BCUT2D eigenvalue weighted by molar-refractivity contribution is 7.87. The Hall–Kier alpha value is -0.170. The predicted octanol–water partition coefficient (Wildman–Crippen LogP) is 1.74. The van der Waals surface area contributed by atoms with E-state index in [0.717, 1.165) is 31.6 Å². The molecule has 1 saturated carbocycles. The number of aliphatic hydroxyl groups excluding tert-OH is 1. The number of piperidine rings is 1. The van der Waals surface area contributed by atoms with Crippen LogP contribution in [0.3, 0.4) is 0 Å². The predicted molar refractivity (Wildman–Crippen MR) is 84.0 cm³/mol. The van der Waals surface area contributed by atoms with Gasteiger partial charge in [0.15, 0.2) is 0 Å². The Bertz CT molecular complexity index is 397. The van der Waals surface area contributed by atoms with Gasteiger partial charge < -0.3 is 5.11 Å². The number of nitrogens with one attached hydrogen (secondary N) is 1. The summed E-state index contributed by atoms with van der Waals surface area (Å²) in [4.78, 5) is 0. The largest absolute Gasteiger partial charge is 0.396 e. The summed E-state index contributed by atoms with van der Waals surface area (Å²) < 4.78 is 28.9. The second kappa shape index (κ2) is 7.90. The summed E-state index contributed by atoms with van der Waals surface area (Å²) in [5, 5.41) is 9.11. The summed E-state index contributed by atoms with van der Waals surface area (Å²) in [5.74, 6) is 1.61. The van der Waals surface area contributed by atoms with Gasteiger partial charge in [0.1, 0.15) is 0 Å². The zero-order valence-corrected chi connectivity index (χ0v) is 13.9. The van der Waals surface area contributed by atoms with Crippen molar-refractivity contribution in [3.8, 4) is 0 Å². The highest BCUT2D eigenvalue weighted by Crippen LogP contribution is 2.30. The Labute approximate surface area is 129 Å². The van der Waals surface area contributed by atoms with Gasteiger partial charge in [-0.3, -0.25) is 0 Å². The SMILES string of the molecule is CCC1CCC(CNS(=O)(=O)N2CCC(CO)CC2)CC1. The number of rotatable bonds is 6. The fourth-order valence-corrected chi connectivity index (χ4v) is 4.81. The molecule has 1 aliphatic heterocycles. The third kappa shape index (κ3) is 4.91. The molecule has 5 nitrogen and oxygen atoms in total. The maximum absolute atomic E-state index is 12.3. The number of hydrogen-bond donors (Lipinski definition) is 2. The van der Waals surface area contributed by atoms with Gasteiger partial charge in [-0.2, -0.15) is 12.7 Å². The van der Waals surface area contributed by atoms with E-state index < -0.39 is 10.2 Å². The molecular formula is C15H30N2O3S. The minimum Gasteiger partial charge on any atom is -0.396 e. The van der Waals surface area contributed by atoms with E-state index in [2.05, 4.69) is 11.6 Å². The summed E-state index contributed by atoms with van der Waals surface area (Å²) in [5.41, 5.74) is 0. The summed E-state index contributed by atoms with van der Waals surface area (Å²) in [6, 6.07) is 0. The van der Waals surface area contributed by atoms with Crippen molar-refractivity contribution in [1.82, 2.24) is 9.03 Å². The molecule has 0 aromatic carbocycles. The smallest absolute Gasteiger partial charge is 0.279 e. The maximum Gasteiger partial charge on any atom is 0.279 e. The Morgan fingerprint density at radius 1 is 1.00 bits per heavy atom. The van der Waals surface area contributed by atoms with Gasteiger partial charge >= 0.3 is 0 Å². The second-order valence-electron chi connectivity index (χ2n) is 6.67. The average Bonchev–Trinajstić information content (AvgIpc) is 2.53. The molecule has 2 N–H and O–H groups in total. The molecule has 6 heteroatoms. The number of aliphatic hydroxyl groups is 1. The van der Waals surface area contributed by atoms with Gasteiger partial charge in [0.2, 0.25) is 0 Å². The van der Waals surface area contributed by atoms with Gasteiger partial charge in [-0.05, 0) is 43.4 Å². The molecule has 0 atom stereocenters. The molecule has 0 spiro atoms. The lowest BCUT2D eigenvalue weighted by molar-refractivity contribution is 0.169. The third-order valence-corrected chi connectivity index (χ3v) is 6.85. The second-order valence-corrected chi connectivity index (χ2v) is 8.43. The Morgan fingerprint density at radius 2 is 1.57 bits per heavy atom. The molecule has 2 fully saturated rings. The third-order valence-electron chi connectivity index (χ3n) is 5.27. The van der Waals surface area contributed by atoms with Crippen molar-refractivity contribution in [3.63, 3.8) is 0 Å². The summed E-state index contributed by atoms with van der Waals surface area (Å²) in [6.07, 6.45) is 7.55. The minimum absolute atomic E-state index is 0.169. The highest BCUT2D eigenvalue weighted by atomic mass is 32.2. The lowest BCUT2D eigenvalue weighted by Crippen LogP contribution is -2.46. The van der Waals surface area contributed by atoms with Crippen LogP contribution < -0.4 is 4.72 Å². The van der Waals surface area contributed by atoms with Gasteiger partial charge in [0, 0.05) is 26.2 Å². The van der Waals surface area contributed by atoms with Crippen molar-refractivity contribution < 1.29 is 13.5 Å². The van der Waals surface area contributed by atoms with Crippen LogP contribution in [0.15, 0.2) is 0 Å². The summed E-state index contributed by atoms with van der Waals surface area (Å²) in [7, 11) is -3.33. The lowest BCUT2D eigenvalue weighted by atomic mass is 9.81. The van der Waals surface area contributed by atoms with Crippen molar-refractivity contribution >= 4 is 10.2 Å². The molecule has 0 radical (unpaired) electrons. The summed E-state index contributed by atoms with van der Waals surface area (Å²) >= 11 is 0. The van der Waals surface area contributed by atoms with Gasteiger partial charge in [-0.1, -0.05) is 26.2 Å². The first kappa shape index (κ1) is 17.2. The van der Waals surface area contributed by atoms with Crippen molar-refractivity contribution in [2.45, 2.75) is 51.9 Å². The lowest BCUT2D eigenvalue weighted by Gasteiger charge is -2.32. The molecule has 0 aromatic rings. The van der Waals surface area contributed by atoms with Gasteiger partial charge in [0.25, 0.3) is 10.2 Å². The minimum atomic E-state index is -3.33. The molecule has 21 heavy (non-hydrogen) atoms. The van der Waals surface area contributed by atoms with Crippen LogP contribution in [0.25, 0.3) is 0 Å². The van der Waals surface area contributed by atoms with Crippen LogP contribution in [0.1, 0.15) is 51.9 Å². The van der Waals surface area contributed by atoms with Gasteiger partial charge in [-0.25, -0.2) is 4.72 Å². The van der Waals surface area contributed by atoms with Crippen molar-refractivity contribution in [2.24, 2.45) is 17.8 Å². The Kier molecular flexibility index (Phi) is 6.47. The zero-order valence-electron chi connectivity index (χ0n) is 13.1. The molecule has 0 aromatic heterocycles. The Morgan fingerprint density at radius 3 is 2.10 bits per heavy atom. The monoisotopic (exact) mass is 318 g/mol. The van der Waals surface area contributed by atoms with Gasteiger partial charge in [0.05, 0.1) is 0 Å². The highest BCUT2D eigenvalue weighted by Gasteiger charge is 2.28. The van der Waals surface area contributed by atoms with Crippen LogP contribution in [0.5, 0.6) is 0 Å². The normalized spacial score (nSPS) is 29.6. The summed E-state index contributed by atoms with van der Waals surface area (Å²) in [6.45, 7) is 4.05. The van der Waals surface area contributed by atoms with E-state index in [1.165, 1.54) is 23.6 Å². The molecule has 2 aliphatic rings. The quantitative estimate of drug-likeness (QED) is 0.784. The van der Waals surface area contributed by atoms with Crippen molar-refractivity contribution in [2.75, 3.05) is 26.2 Å². The molecule has 0 amide bonds. The number of hydrogen-bond acceptors (Lipinski definition) is 3. The fourth-order valence-electron chi connectivity index (χ4n) is 3.49. The van der Waals surface area contributed by atoms with E-state index in [1.54, 1.807) is 0 Å². The zero-order chi connectivity index (χ0) is 15.3. The van der Waals surface area contributed by atoms with E-state index in [9.17, 15) is 8.42 Å². The fraction of sp³-hybridized carbons (Fsp3) is 1.00. The molecule has 2 rings (SSSR count). The van der Waals surface area contributed by atoms with Gasteiger partial charge in [-0.15, -0.1) is 0 Å². The van der Waals surface area contributed by atoms with E-state index in [1.807, 2.05) is 0 Å². The van der Waals surface area contributed by atoms with E-state index in [4.69, 9.17) is 5.11 Å². The van der Waals surface area contributed by atoms with Crippen LogP contribution in [-0.4, -0.2) is 44.1 Å².